The van der Waals surface area contributed by atoms with Gasteiger partial charge >= 0.3 is 6.18 Å². The molecule has 0 spiro atoms. The number of fused-ring (bicyclic) bond motifs is 1. The van der Waals surface area contributed by atoms with Crippen molar-refractivity contribution in [2.45, 2.75) is 56.7 Å². The molecule has 0 saturated carbocycles. The van der Waals surface area contributed by atoms with E-state index in [9.17, 15) is 13.2 Å². The van der Waals surface area contributed by atoms with Gasteiger partial charge in [-0.15, -0.1) is 0 Å². The zero-order valence-electron chi connectivity index (χ0n) is 12.1. The molecule has 3 atom stereocenters. The van der Waals surface area contributed by atoms with Gasteiger partial charge in [0.1, 0.15) is 0 Å². The third-order valence-electron chi connectivity index (χ3n) is 5.02. The van der Waals surface area contributed by atoms with Gasteiger partial charge in [0.15, 0.2) is 0 Å². The summed E-state index contributed by atoms with van der Waals surface area (Å²) < 4.78 is 38.7. The standard InChI is InChI=1S/C17H22F3N/c18-17(19,20)14-8-9-21-15(11-14)10-13-6-3-5-12-4-1-2-7-16(12)13/h1-2,4,7,13-15,21H,3,5-6,8-11H2. The summed E-state index contributed by atoms with van der Waals surface area (Å²) in [5.74, 6) is -0.706. The molecule has 1 heterocycles. The number of piperidine rings is 1. The minimum absolute atomic E-state index is 0.00142. The first-order valence-corrected chi connectivity index (χ1v) is 7.92. The van der Waals surface area contributed by atoms with E-state index in [0.29, 0.717) is 12.5 Å². The minimum Gasteiger partial charge on any atom is -0.314 e. The number of nitrogens with one attached hydrogen (secondary N) is 1. The van der Waals surface area contributed by atoms with Crippen LogP contribution in [0, 0.1) is 5.92 Å². The van der Waals surface area contributed by atoms with E-state index in [1.807, 2.05) is 6.07 Å². The van der Waals surface area contributed by atoms with E-state index in [2.05, 4.69) is 23.5 Å². The maximum absolute atomic E-state index is 12.9. The van der Waals surface area contributed by atoms with Crippen LogP contribution in [0.5, 0.6) is 0 Å². The van der Waals surface area contributed by atoms with Crippen LogP contribution in [-0.4, -0.2) is 18.8 Å². The molecule has 0 aromatic heterocycles. The highest BCUT2D eigenvalue weighted by Crippen LogP contribution is 2.39. The van der Waals surface area contributed by atoms with Crippen LogP contribution in [0.25, 0.3) is 0 Å². The van der Waals surface area contributed by atoms with E-state index in [4.69, 9.17) is 0 Å². The lowest BCUT2D eigenvalue weighted by Crippen LogP contribution is -2.43. The van der Waals surface area contributed by atoms with Crippen molar-refractivity contribution in [2.75, 3.05) is 6.54 Å². The van der Waals surface area contributed by atoms with E-state index in [0.717, 1.165) is 25.7 Å². The van der Waals surface area contributed by atoms with Gasteiger partial charge in [-0.05, 0) is 62.1 Å². The Morgan fingerprint density at radius 1 is 1.14 bits per heavy atom. The molecule has 1 saturated heterocycles. The molecule has 1 aromatic rings. The predicted octanol–water partition coefficient (Wildman–Crippen LogP) is 4.43. The molecule has 1 fully saturated rings. The molecule has 1 aromatic carbocycles. The molecule has 3 unspecified atom stereocenters. The first-order valence-electron chi connectivity index (χ1n) is 7.92. The summed E-state index contributed by atoms with van der Waals surface area (Å²) in [5.41, 5.74) is 2.75. The van der Waals surface area contributed by atoms with Gasteiger partial charge in [-0.3, -0.25) is 0 Å². The Kier molecular flexibility index (Phi) is 4.25. The molecular weight excluding hydrogens is 275 g/mol. The molecule has 3 rings (SSSR count). The summed E-state index contributed by atoms with van der Waals surface area (Å²) in [6.07, 6.45) is 0.622. The molecule has 0 amide bonds. The van der Waals surface area contributed by atoms with Crippen LogP contribution < -0.4 is 5.32 Å². The fourth-order valence-corrected chi connectivity index (χ4v) is 3.93. The highest BCUT2D eigenvalue weighted by molar-refractivity contribution is 5.32. The summed E-state index contributed by atoms with van der Waals surface area (Å²) in [6, 6.07) is 8.42. The Hall–Kier alpha value is -1.03. The molecule has 4 heteroatoms. The van der Waals surface area contributed by atoms with Crippen LogP contribution in [0.1, 0.15) is 49.1 Å². The van der Waals surface area contributed by atoms with Gasteiger partial charge in [0, 0.05) is 6.04 Å². The highest BCUT2D eigenvalue weighted by atomic mass is 19.4. The lowest BCUT2D eigenvalue weighted by Gasteiger charge is -2.35. The van der Waals surface area contributed by atoms with Crippen LogP contribution in [-0.2, 0) is 6.42 Å². The van der Waals surface area contributed by atoms with Gasteiger partial charge < -0.3 is 5.32 Å². The molecule has 0 radical (unpaired) electrons. The molecule has 1 N–H and O–H groups in total. The van der Waals surface area contributed by atoms with Crippen molar-refractivity contribution >= 4 is 0 Å². The minimum atomic E-state index is -4.04. The summed E-state index contributed by atoms with van der Waals surface area (Å²) in [7, 11) is 0. The van der Waals surface area contributed by atoms with E-state index < -0.39 is 12.1 Å². The first-order chi connectivity index (χ1) is 10.0. The van der Waals surface area contributed by atoms with E-state index >= 15 is 0 Å². The van der Waals surface area contributed by atoms with Crippen molar-refractivity contribution in [3.63, 3.8) is 0 Å². The average molecular weight is 297 g/mol. The molecule has 1 nitrogen and oxygen atoms in total. The SMILES string of the molecule is FC(F)(F)C1CCNC(CC2CCCc3ccccc32)C1. The lowest BCUT2D eigenvalue weighted by molar-refractivity contribution is -0.183. The monoisotopic (exact) mass is 297 g/mol. The number of halogens is 3. The Morgan fingerprint density at radius 3 is 2.76 bits per heavy atom. The van der Waals surface area contributed by atoms with Gasteiger partial charge in [0.05, 0.1) is 5.92 Å². The van der Waals surface area contributed by atoms with Crippen molar-refractivity contribution in [1.29, 1.82) is 0 Å². The van der Waals surface area contributed by atoms with Crippen LogP contribution in [0.3, 0.4) is 0 Å². The summed E-state index contributed by atoms with van der Waals surface area (Å²) >= 11 is 0. The zero-order valence-corrected chi connectivity index (χ0v) is 12.1. The van der Waals surface area contributed by atoms with Crippen LogP contribution >= 0.6 is 0 Å². The third kappa shape index (κ3) is 3.42. The average Bonchev–Trinajstić information content (AvgIpc) is 2.47. The van der Waals surface area contributed by atoms with Gasteiger partial charge in [-0.25, -0.2) is 0 Å². The van der Waals surface area contributed by atoms with Gasteiger partial charge in [-0.2, -0.15) is 13.2 Å². The van der Waals surface area contributed by atoms with E-state index in [1.54, 1.807) is 0 Å². The number of alkyl halides is 3. The highest BCUT2D eigenvalue weighted by Gasteiger charge is 2.42. The Morgan fingerprint density at radius 2 is 1.95 bits per heavy atom. The maximum Gasteiger partial charge on any atom is 0.391 e. The Balaban J connectivity index is 1.67. The smallest absolute Gasteiger partial charge is 0.314 e. The summed E-state index contributed by atoms with van der Waals surface area (Å²) in [5, 5.41) is 3.30. The normalized spacial score (nSPS) is 30.0. The fraction of sp³-hybridized carbons (Fsp3) is 0.647. The third-order valence-corrected chi connectivity index (χ3v) is 5.02. The van der Waals surface area contributed by atoms with E-state index in [1.165, 1.54) is 11.1 Å². The number of hydrogen-bond acceptors (Lipinski definition) is 1. The second kappa shape index (κ2) is 5.99. The van der Waals surface area contributed by atoms with Gasteiger partial charge in [0.25, 0.3) is 0 Å². The fourth-order valence-electron chi connectivity index (χ4n) is 3.93. The van der Waals surface area contributed by atoms with Crippen molar-refractivity contribution in [3.05, 3.63) is 35.4 Å². The number of rotatable bonds is 2. The first kappa shape index (κ1) is 14.9. The maximum atomic E-state index is 12.9. The summed E-state index contributed by atoms with van der Waals surface area (Å²) in [4.78, 5) is 0. The van der Waals surface area contributed by atoms with Crippen LogP contribution in [0.2, 0.25) is 0 Å². The van der Waals surface area contributed by atoms with Crippen molar-refractivity contribution in [1.82, 2.24) is 5.32 Å². The molecule has 0 bridgehead atoms. The number of benzene rings is 1. The van der Waals surface area contributed by atoms with Crippen molar-refractivity contribution < 1.29 is 13.2 Å². The van der Waals surface area contributed by atoms with Crippen molar-refractivity contribution in [2.24, 2.45) is 5.92 Å². The second-order valence-electron chi connectivity index (χ2n) is 6.44. The largest absolute Gasteiger partial charge is 0.391 e. The number of hydrogen-bond donors (Lipinski definition) is 1. The Bertz CT molecular complexity index is 483. The summed E-state index contributed by atoms with van der Waals surface area (Å²) in [6.45, 7) is 0.489. The van der Waals surface area contributed by atoms with E-state index in [-0.39, 0.29) is 18.9 Å². The molecular formula is C17H22F3N. The van der Waals surface area contributed by atoms with Gasteiger partial charge in [0.2, 0.25) is 0 Å². The Labute approximate surface area is 123 Å². The molecule has 116 valence electrons. The molecule has 1 aliphatic carbocycles. The van der Waals surface area contributed by atoms with Crippen molar-refractivity contribution in [3.8, 4) is 0 Å². The lowest BCUT2D eigenvalue weighted by atomic mass is 9.77. The second-order valence-corrected chi connectivity index (χ2v) is 6.44. The van der Waals surface area contributed by atoms with Crippen LogP contribution in [0.4, 0.5) is 13.2 Å². The predicted molar refractivity (Wildman–Crippen MR) is 77.3 cm³/mol. The molecule has 2 aliphatic rings. The molecule has 1 aliphatic heterocycles. The van der Waals surface area contributed by atoms with Gasteiger partial charge in [-0.1, -0.05) is 24.3 Å². The number of aryl methyl sites for hydroxylation is 1. The zero-order chi connectivity index (χ0) is 14.9. The topological polar surface area (TPSA) is 12.0 Å². The molecule has 21 heavy (non-hydrogen) atoms. The quantitative estimate of drug-likeness (QED) is 0.851. The van der Waals surface area contributed by atoms with Crippen LogP contribution in [0.15, 0.2) is 24.3 Å².